The molecule has 0 bridgehead atoms. The third-order valence-corrected chi connectivity index (χ3v) is 9.28. The molecule has 9 heteroatoms. The van der Waals surface area contributed by atoms with E-state index in [4.69, 9.17) is 4.74 Å². The van der Waals surface area contributed by atoms with Gasteiger partial charge in [0.1, 0.15) is 5.75 Å². The van der Waals surface area contributed by atoms with Gasteiger partial charge in [0.05, 0.1) is 12.8 Å². The number of ether oxygens (including phenoxy) is 1. The van der Waals surface area contributed by atoms with Crippen LogP contribution in [-0.4, -0.2) is 74.9 Å². The molecule has 1 unspecified atom stereocenters. The van der Waals surface area contributed by atoms with Crippen molar-refractivity contribution in [1.82, 2.24) is 24.6 Å². The van der Waals surface area contributed by atoms with E-state index in [0.29, 0.717) is 38.0 Å². The average molecular weight is 626 g/mol. The Bertz CT molecular complexity index is 1560. The molecule has 5 rings (SSSR count). The van der Waals surface area contributed by atoms with E-state index >= 15 is 0 Å². The van der Waals surface area contributed by atoms with Gasteiger partial charge in [-0.15, -0.1) is 10.2 Å². The van der Waals surface area contributed by atoms with Crippen molar-refractivity contribution in [1.29, 1.82) is 0 Å². The fourth-order valence-corrected chi connectivity index (χ4v) is 6.64. The Balaban J connectivity index is 1.15. The Labute approximate surface area is 270 Å². The molecule has 8 nitrogen and oxygen atoms in total. The maximum absolute atomic E-state index is 13.3. The molecule has 0 spiro atoms. The summed E-state index contributed by atoms with van der Waals surface area (Å²) >= 11 is 1.58. The molecular formula is C36H43N5O3S. The molecule has 4 aromatic rings. The van der Waals surface area contributed by atoms with Crippen molar-refractivity contribution < 1.29 is 14.3 Å². The third kappa shape index (κ3) is 7.95. The molecule has 2 heterocycles. The molecule has 2 amide bonds. The standard InChI is InChI=1S/C36H43N5O3S/c1-4-5-7-13-28-19-21-30(22-20-28)35(43)40-24-23-39(26-27(40)2)33(42)18-12-25-45-36-38-37-34(29-14-8-6-9-15-29)41(36)31-16-10-11-17-32(31)44-3/h6,8-11,14-17,19-22,27H,4-5,7,12-13,18,23-26H2,1-3H3. The second-order valence-corrected chi connectivity index (χ2v) is 12.5. The highest BCUT2D eigenvalue weighted by molar-refractivity contribution is 7.99. The number of aryl methyl sites for hydroxylation is 1. The average Bonchev–Trinajstić information content (AvgIpc) is 3.50. The van der Waals surface area contributed by atoms with E-state index in [2.05, 4.69) is 29.3 Å². The van der Waals surface area contributed by atoms with E-state index in [-0.39, 0.29) is 17.9 Å². The lowest BCUT2D eigenvalue weighted by atomic mass is 10.0. The van der Waals surface area contributed by atoms with Crippen LogP contribution in [-0.2, 0) is 11.2 Å². The minimum absolute atomic E-state index is 0.0374. The number of para-hydroxylation sites is 2. The number of hydrogen-bond acceptors (Lipinski definition) is 6. The van der Waals surface area contributed by atoms with E-state index in [1.54, 1.807) is 18.9 Å². The molecule has 1 fully saturated rings. The molecule has 0 N–H and O–H groups in total. The van der Waals surface area contributed by atoms with Crippen LogP contribution in [0.1, 0.15) is 61.9 Å². The number of unbranched alkanes of at least 4 members (excludes halogenated alkanes) is 2. The highest BCUT2D eigenvalue weighted by Gasteiger charge is 2.30. The Morgan fingerprint density at radius 1 is 0.911 bits per heavy atom. The number of aromatic nitrogens is 3. The number of nitrogens with zero attached hydrogens (tertiary/aromatic N) is 5. The molecule has 1 atom stereocenters. The summed E-state index contributed by atoms with van der Waals surface area (Å²) < 4.78 is 7.68. The summed E-state index contributed by atoms with van der Waals surface area (Å²) in [6.45, 7) is 5.89. The Morgan fingerprint density at radius 3 is 2.40 bits per heavy atom. The lowest BCUT2D eigenvalue weighted by molar-refractivity contribution is -0.133. The van der Waals surface area contributed by atoms with Crippen LogP contribution >= 0.6 is 11.8 Å². The second-order valence-electron chi connectivity index (χ2n) is 11.5. The van der Waals surface area contributed by atoms with Gasteiger partial charge in [0.2, 0.25) is 5.91 Å². The van der Waals surface area contributed by atoms with E-state index in [1.165, 1.54) is 24.8 Å². The molecule has 0 radical (unpaired) electrons. The number of carbonyl (C=O) groups excluding carboxylic acids is 2. The number of methoxy groups -OCH3 is 1. The van der Waals surface area contributed by atoms with E-state index in [0.717, 1.165) is 40.2 Å². The van der Waals surface area contributed by atoms with Gasteiger partial charge < -0.3 is 14.5 Å². The van der Waals surface area contributed by atoms with Crippen molar-refractivity contribution in [2.24, 2.45) is 0 Å². The number of carbonyl (C=O) groups is 2. The summed E-state index contributed by atoms with van der Waals surface area (Å²) in [6, 6.07) is 25.8. The van der Waals surface area contributed by atoms with Gasteiger partial charge >= 0.3 is 0 Å². The van der Waals surface area contributed by atoms with Crippen molar-refractivity contribution in [2.45, 2.75) is 63.6 Å². The van der Waals surface area contributed by atoms with Crippen LogP contribution in [0, 0.1) is 0 Å². The van der Waals surface area contributed by atoms with Gasteiger partial charge in [0.25, 0.3) is 5.91 Å². The Morgan fingerprint density at radius 2 is 1.67 bits per heavy atom. The molecule has 1 saturated heterocycles. The van der Waals surface area contributed by atoms with E-state index < -0.39 is 0 Å². The Kier molecular flexibility index (Phi) is 11.3. The van der Waals surface area contributed by atoms with Crippen LogP contribution in [0.15, 0.2) is 84.0 Å². The summed E-state index contributed by atoms with van der Waals surface area (Å²) in [5.74, 6) is 2.36. The number of benzene rings is 3. The highest BCUT2D eigenvalue weighted by atomic mass is 32.2. The maximum atomic E-state index is 13.3. The molecule has 0 saturated carbocycles. The monoisotopic (exact) mass is 625 g/mol. The van der Waals surface area contributed by atoms with Crippen LogP contribution in [0.5, 0.6) is 5.75 Å². The van der Waals surface area contributed by atoms with Crippen LogP contribution < -0.4 is 4.74 Å². The van der Waals surface area contributed by atoms with Crippen LogP contribution in [0.4, 0.5) is 0 Å². The van der Waals surface area contributed by atoms with Crippen molar-refractivity contribution in [3.05, 3.63) is 90.0 Å². The highest BCUT2D eigenvalue weighted by Crippen LogP contribution is 2.32. The number of thioether (sulfide) groups is 1. The zero-order chi connectivity index (χ0) is 31.6. The normalized spacial score (nSPS) is 14.9. The summed E-state index contributed by atoms with van der Waals surface area (Å²) in [5, 5.41) is 9.80. The molecule has 236 valence electrons. The predicted octanol–water partition coefficient (Wildman–Crippen LogP) is 6.92. The minimum atomic E-state index is -0.0374. The molecule has 3 aromatic carbocycles. The summed E-state index contributed by atoms with van der Waals surface area (Å²) in [5.41, 5.74) is 3.82. The third-order valence-electron chi connectivity index (χ3n) is 8.27. The lowest BCUT2D eigenvalue weighted by Gasteiger charge is -2.40. The van der Waals surface area contributed by atoms with Crippen molar-refractivity contribution in [3.8, 4) is 22.8 Å². The predicted molar refractivity (Wildman–Crippen MR) is 180 cm³/mol. The topological polar surface area (TPSA) is 80.6 Å². The largest absolute Gasteiger partial charge is 0.495 e. The van der Waals surface area contributed by atoms with Crippen molar-refractivity contribution in [2.75, 3.05) is 32.5 Å². The number of hydrogen-bond donors (Lipinski definition) is 0. The first-order chi connectivity index (χ1) is 22.0. The summed E-state index contributed by atoms with van der Waals surface area (Å²) in [7, 11) is 1.66. The Hall–Kier alpha value is -4.11. The van der Waals surface area contributed by atoms with Gasteiger partial charge in [0.15, 0.2) is 11.0 Å². The van der Waals surface area contributed by atoms with Crippen molar-refractivity contribution in [3.63, 3.8) is 0 Å². The molecule has 1 aromatic heterocycles. The van der Waals surface area contributed by atoms with Crippen LogP contribution in [0.3, 0.4) is 0 Å². The fraction of sp³-hybridized carbons (Fsp3) is 0.389. The zero-order valence-corrected chi connectivity index (χ0v) is 27.3. The first kappa shape index (κ1) is 32.3. The van der Waals surface area contributed by atoms with Gasteiger partial charge in [-0.05, 0) is 56.0 Å². The van der Waals surface area contributed by atoms with Gasteiger partial charge in [-0.3, -0.25) is 14.2 Å². The van der Waals surface area contributed by atoms with Gasteiger partial charge in [0, 0.05) is 49.0 Å². The first-order valence-electron chi connectivity index (χ1n) is 15.9. The summed E-state index contributed by atoms with van der Waals surface area (Å²) in [6.07, 6.45) is 5.81. The van der Waals surface area contributed by atoms with Crippen LogP contribution in [0.25, 0.3) is 17.1 Å². The van der Waals surface area contributed by atoms with E-state index in [1.807, 2.05) is 88.0 Å². The minimum Gasteiger partial charge on any atom is -0.495 e. The molecule has 1 aliphatic rings. The second kappa shape index (κ2) is 15.8. The fourth-order valence-electron chi connectivity index (χ4n) is 5.76. The van der Waals surface area contributed by atoms with E-state index in [9.17, 15) is 9.59 Å². The number of rotatable bonds is 13. The zero-order valence-electron chi connectivity index (χ0n) is 26.5. The summed E-state index contributed by atoms with van der Waals surface area (Å²) in [4.78, 5) is 30.2. The van der Waals surface area contributed by atoms with Crippen molar-refractivity contribution >= 4 is 23.6 Å². The van der Waals surface area contributed by atoms with Gasteiger partial charge in [-0.25, -0.2) is 0 Å². The lowest BCUT2D eigenvalue weighted by Crippen LogP contribution is -2.55. The molecule has 1 aliphatic heterocycles. The maximum Gasteiger partial charge on any atom is 0.254 e. The first-order valence-corrected chi connectivity index (χ1v) is 16.9. The smallest absolute Gasteiger partial charge is 0.254 e. The number of amides is 2. The van der Waals surface area contributed by atoms with Crippen LogP contribution in [0.2, 0.25) is 0 Å². The molecule has 0 aliphatic carbocycles. The SMILES string of the molecule is CCCCCc1ccc(C(=O)N2CCN(C(=O)CCCSc3nnc(-c4ccccc4)n3-c3ccccc3OC)CC2C)cc1. The van der Waals surface area contributed by atoms with Gasteiger partial charge in [-0.2, -0.15) is 0 Å². The van der Waals surface area contributed by atoms with Gasteiger partial charge in [-0.1, -0.05) is 86.1 Å². The number of piperazine rings is 1. The molecule has 45 heavy (non-hydrogen) atoms. The quantitative estimate of drug-likeness (QED) is 0.119. The molecular weight excluding hydrogens is 582 g/mol.